The van der Waals surface area contributed by atoms with E-state index < -0.39 is 10.8 Å². The molecule has 3 rings (SSSR count). The molecule has 0 fully saturated rings. The van der Waals surface area contributed by atoms with Crippen LogP contribution in [-0.4, -0.2) is 17.0 Å². The second-order valence-corrected chi connectivity index (χ2v) is 6.70. The summed E-state index contributed by atoms with van der Waals surface area (Å²) in [7, 11) is 0. The number of hydrogen-bond donors (Lipinski definition) is 1. The van der Waals surface area contributed by atoms with E-state index in [0.717, 1.165) is 9.86 Å². The number of halogens is 2. The van der Waals surface area contributed by atoms with Gasteiger partial charge < -0.3 is 4.42 Å². The highest BCUT2D eigenvalue weighted by atomic mass is 79.9. The Morgan fingerprint density at radius 3 is 2.76 bits per heavy atom. The molecular weight excluding hydrogens is 458 g/mol. The first kappa shape index (κ1) is 17.3. The first-order valence-electron chi connectivity index (χ1n) is 6.91. The van der Waals surface area contributed by atoms with Gasteiger partial charge in [0.15, 0.2) is 5.76 Å². The minimum absolute atomic E-state index is 0.0773. The highest BCUT2D eigenvalue weighted by Gasteiger charge is 2.15. The van der Waals surface area contributed by atoms with E-state index in [-0.39, 0.29) is 17.0 Å². The summed E-state index contributed by atoms with van der Waals surface area (Å²) in [6.45, 7) is 0. The number of carbonyl (C=O) groups excluding carboxylic acids is 1. The summed E-state index contributed by atoms with van der Waals surface area (Å²) in [5, 5.41) is 15.4. The maximum atomic E-state index is 12.1. The number of nitro groups is 1. The molecule has 3 aromatic rings. The second kappa shape index (κ2) is 7.16. The van der Waals surface area contributed by atoms with E-state index in [1.54, 1.807) is 24.3 Å². The normalized spacial score (nSPS) is 11.1. The molecule has 0 saturated heterocycles. The summed E-state index contributed by atoms with van der Waals surface area (Å²) < 4.78 is 7.07. The van der Waals surface area contributed by atoms with Crippen molar-refractivity contribution >= 4 is 60.6 Å². The lowest BCUT2D eigenvalue weighted by molar-refractivity contribution is -0.385. The average molecular weight is 467 g/mol. The standard InChI is InChI=1S/C16H9Br2N3O4/c17-11-5-10-6-14(25-15(10)12(18)7-11)16(22)20-19-8-9-3-1-2-4-13(9)21(23)24/h1-8H,(H,20,22)/b19-8-. The Morgan fingerprint density at radius 1 is 1.24 bits per heavy atom. The molecule has 2 aromatic carbocycles. The van der Waals surface area contributed by atoms with Crippen LogP contribution in [0.3, 0.4) is 0 Å². The number of para-hydroxylation sites is 1. The van der Waals surface area contributed by atoms with Crippen molar-refractivity contribution in [3.05, 3.63) is 72.8 Å². The van der Waals surface area contributed by atoms with Crippen LogP contribution in [0.1, 0.15) is 16.1 Å². The van der Waals surface area contributed by atoms with Crippen LogP contribution in [0.4, 0.5) is 5.69 Å². The van der Waals surface area contributed by atoms with Crippen molar-refractivity contribution in [1.82, 2.24) is 5.43 Å². The van der Waals surface area contributed by atoms with Gasteiger partial charge >= 0.3 is 5.91 Å². The molecule has 1 N–H and O–H groups in total. The molecule has 0 saturated carbocycles. The van der Waals surface area contributed by atoms with Gasteiger partial charge in [0, 0.05) is 15.9 Å². The van der Waals surface area contributed by atoms with E-state index in [1.165, 1.54) is 18.3 Å². The molecule has 0 spiro atoms. The summed E-state index contributed by atoms with van der Waals surface area (Å²) in [6.07, 6.45) is 1.21. The van der Waals surface area contributed by atoms with Crippen molar-refractivity contribution in [2.45, 2.75) is 0 Å². The maximum Gasteiger partial charge on any atom is 0.307 e. The number of benzene rings is 2. The number of fused-ring (bicyclic) bond motifs is 1. The lowest BCUT2D eigenvalue weighted by atomic mass is 10.2. The molecule has 0 aliphatic carbocycles. The van der Waals surface area contributed by atoms with Crippen LogP contribution in [0.25, 0.3) is 11.0 Å². The van der Waals surface area contributed by atoms with Gasteiger partial charge in [-0.15, -0.1) is 0 Å². The average Bonchev–Trinajstić information content (AvgIpc) is 2.99. The molecule has 0 atom stereocenters. The first-order valence-corrected chi connectivity index (χ1v) is 8.49. The van der Waals surface area contributed by atoms with Crippen LogP contribution in [0, 0.1) is 10.1 Å². The summed E-state index contributed by atoms with van der Waals surface area (Å²) in [5.41, 5.74) is 3.02. The third-order valence-corrected chi connectivity index (χ3v) is 4.31. The molecule has 1 amide bonds. The van der Waals surface area contributed by atoms with Gasteiger partial charge in [-0.3, -0.25) is 14.9 Å². The van der Waals surface area contributed by atoms with Gasteiger partial charge in [-0.25, -0.2) is 5.43 Å². The molecule has 126 valence electrons. The zero-order valence-electron chi connectivity index (χ0n) is 12.4. The molecule has 0 bridgehead atoms. The fourth-order valence-corrected chi connectivity index (χ4v) is 3.51. The third-order valence-electron chi connectivity index (χ3n) is 3.26. The number of nitrogens with one attached hydrogen (secondary N) is 1. The van der Waals surface area contributed by atoms with E-state index in [4.69, 9.17) is 4.42 Å². The van der Waals surface area contributed by atoms with Gasteiger partial charge in [0.2, 0.25) is 0 Å². The predicted octanol–water partition coefficient (Wildman–Crippen LogP) is 4.63. The number of nitrogens with zero attached hydrogens (tertiary/aromatic N) is 2. The Bertz CT molecular complexity index is 1010. The van der Waals surface area contributed by atoms with Crippen LogP contribution < -0.4 is 5.43 Å². The maximum absolute atomic E-state index is 12.1. The van der Waals surface area contributed by atoms with Crippen molar-refractivity contribution in [3.63, 3.8) is 0 Å². The smallest absolute Gasteiger partial charge is 0.307 e. The number of hydrazone groups is 1. The minimum Gasteiger partial charge on any atom is -0.450 e. The quantitative estimate of drug-likeness (QED) is 0.344. The Kier molecular flexibility index (Phi) is 4.95. The fraction of sp³-hybridized carbons (Fsp3) is 0. The monoisotopic (exact) mass is 465 g/mol. The summed E-state index contributed by atoms with van der Waals surface area (Å²) in [5.74, 6) is -0.484. The fourth-order valence-electron chi connectivity index (χ4n) is 2.17. The Morgan fingerprint density at radius 2 is 2.00 bits per heavy atom. The van der Waals surface area contributed by atoms with E-state index in [0.29, 0.717) is 10.1 Å². The molecule has 7 nitrogen and oxygen atoms in total. The van der Waals surface area contributed by atoms with Crippen molar-refractivity contribution < 1.29 is 14.1 Å². The van der Waals surface area contributed by atoms with Crippen molar-refractivity contribution in [2.24, 2.45) is 5.10 Å². The van der Waals surface area contributed by atoms with Crippen LogP contribution in [-0.2, 0) is 0 Å². The van der Waals surface area contributed by atoms with Crippen molar-refractivity contribution in [2.75, 3.05) is 0 Å². The molecule has 0 aliphatic rings. The zero-order valence-corrected chi connectivity index (χ0v) is 15.6. The molecule has 0 radical (unpaired) electrons. The largest absolute Gasteiger partial charge is 0.450 e. The summed E-state index contributed by atoms with van der Waals surface area (Å²) in [4.78, 5) is 22.6. The van der Waals surface area contributed by atoms with Gasteiger partial charge in [-0.1, -0.05) is 28.1 Å². The molecular formula is C16H9Br2N3O4. The Hall–Kier alpha value is -2.52. The molecule has 0 unspecified atom stereocenters. The number of amides is 1. The highest BCUT2D eigenvalue weighted by molar-refractivity contribution is 9.11. The molecule has 9 heteroatoms. The van der Waals surface area contributed by atoms with Crippen LogP contribution >= 0.6 is 31.9 Å². The predicted molar refractivity (Wildman–Crippen MR) is 99.8 cm³/mol. The van der Waals surface area contributed by atoms with Gasteiger partial charge in [0.25, 0.3) is 5.69 Å². The van der Waals surface area contributed by atoms with Gasteiger partial charge in [-0.05, 0) is 40.2 Å². The van der Waals surface area contributed by atoms with Crippen LogP contribution in [0.5, 0.6) is 0 Å². The first-order chi connectivity index (χ1) is 12.0. The molecule has 25 heavy (non-hydrogen) atoms. The molecule has 1 aromatic heterocycles. The van der Waals surface area contributed by atoms with E-state index in [1.807, 2.05) is 6.07 Å². The number of furan rings is 1. The van der Waals surface area contributed by atoms with Crippen LogP contribution in [0.2, 0.25) is 0 Å². The van der Waals surface area contributed by atoms with E-state index >= 15 is 0 Å². The van der Waals surface area contributed by atoms with Crippen molar-refractivity contribution in [1.29, 1.82) is 0 Å². The summed E-state index contributed by atoms with van der Waals surface area (Å²) >= 11 is 6.73. The van der Waals surface area contributed by atoms with Crippen LogP contribution in [0.15, 0.2) is 60.9 Å². The van der Waals surface area contributed by atoms with E-state index in [2.05, 4.69) is 42.4 Å². The van der Waals surface area contributed by atoms with Gasteiger partial charge in [0.1, 0.15) is 5.58 Å². The van der Waals surface area contributed by atoms with E-state index in [9.17, 15) is 14.9 Å². The number of carbonyl (C=O) groups is 1. The second-order valence-electron chi connectivity index (χ2n) is 4.93. The zero-order chi connectivity index (χ0) is 18.0. The number of rotatable bonds is 4. The minimum atomic E-state index is -0.561. The van der Waals surface area contributed by atoms with Gasteiger partial charge in [-0.2, -0.15) is 5.10 Å². The van der Waals surface area contributed by atoms with Crippen molar-refractivity contribution in [3.8, 4) is 0 Å². The lowest BCUT2D eigenvalue weighted by Gasteiger charge is -1.97. The number of nitro benzene ring substituents is 1. The lowest BCUT2D eigenvalue weighted by Crippen LogP contribution is -2.16. The summed E-state index contributed by atoms with van der Waals surface area (Å²) in [6, 6.07) is 11.3. The third kappa shape index (κ3) is 3.77. The number of hydrogen-bond acceptors (Lipinski definition) is 5. The highest BCUT2D eigenvalue weighted by Crippen LogP contribution is 2.30. The van der Waals surface area contributed by atoms with Gasteiger partial charge in [0.05, 0.1) is 21.2 Å². The molecule has 0 aliphatic heterocycles. The molecule has 1 heterocycles. The topological polar surface area (TPSA) is 97.7 Å². The Balaban J connectivity index is 1.79. The Labute approximate surface area is 158 Å². The SMILES string of the molecule is O=C(N/N=C\c1ccccc1[N+](=O)[O-])c1cc2cc(Br)cc(Br)c2o1.